The number of β-amino-alcohol motifs (C(OH)–C–C–N with tert-alkyl or cyclic N) is 1. The molecule has 2 aromatic carbocycles. The molecule has 1 heterocycles. The van der Waals surface area contributed by atoms with E-state index in [1.54, 1.807) is 42.5 Å². The van der Waals surface area contributed by atoms with Crippen molar-refractivity contribution in [3.8, 4) is 16.9 Å². The van der Waals surface area contributed by atoms with E-state index in [0.717, 1.165) is 5.56 Å². The first-order chi connectivity index (χ1) is 13.0. The summed E-state index contributed by atoms with van der Waals surface area (Å²) in [7, 11) is 2.85. The second-order valence-corrected chi connectivity index (χ2v) is 6.29. The number of carbonyl (C=O) groups excluding carboxylic acids is 2. The number of aliphatic hydroxyl groups excluding tert-OH is 1. The molecule has 2 atom stereocenters. The van der Waals surface area contributed by atoms with E-state index in [9.17, 15) is 14.7 Å². The van der Waals surface area contributed by atoms with Gasteiger partial charge in [0, 0.05) is 18.7 Å². The van der Waals surface area contributed by atoms with Crippen LogP contribution in [0.25, 0.3) is 11.1 Å². The zero-order valence-corrected chi connectivity index (χ0v) is 16.4. The van der Waals surface area contributed by atoms with Crippen molar-refractivity contribution in [2.45, 2.75) is 12.1 Å². The fourth-order valence-corrected chi connectivity index (χ4v) is 3.05. The minimum atomic E-state index is -0.588. The average molecular weight is 407 g/mol. The van der Waals surface area contributed by atoms with Crippen LogP contribution < -0.4 is 15.4 Å². The van der Waals surface area contributed by atoms with Crippen LogP contribution >= 0.6 is 12.4 Å². The highest BCUT2D eigenvalue weighted by Crippen LogP contribution is 2.28. The lowest BCUT2D eigenvalue weighted by atomic mass is 9.98. The van der Waals surface area contributed by atoms with E-state index in [1.165, 1.54) is 14.2 Å². The van der Waals surface area contributed by atoms with Crippen LogP contribution in [0.5, 0.6) is 5.75 Å². The fourth-order valence-electron chi connectivity index (χ4n) is 3.05. The highest BCUT2D eigenvalue weighted by molar-refractivity contribution is 5.99. The predicted octanol–water partition coefficient (Wildman–Crippen LogP) is 1.63. The van der Waals surface area contributed by atoms with Gasteiger partial charge in [0.15, 0.2) is 0 Å². The zero-order chi connectivity index (χ0) is 19.4. The van der Waals surface area contributed by atoms with Gasteiger partial charge < -0.3 is 25.2 Å². The van der Waals surface area contributed by atoms with Crippen LogP contribution in [0, 0.1) is 0 Å². The quantitative estimate of drug-likeness (QED) is 0.653. The van der Waals surface area contributed by atoms with Gasteiger partial charge in [0.05, 0.1) is 31.9 Å². The number of methoxy groups -OCH3 is 2. The Morgan fingerprint density at radius 1 is 1.11 bits per heavy atom. The van der Waals surface area contributed by atoms with Gasteiger partial charge in [-0.1, -0.05) is 12.1 Å². The van der Waals surface area contributed by atoms with Gasteiger partial charge >= 0.3 is 5.97 Å². The highest BCUT2D eigenvalue weighted by atomic mass is 35.5. The molecule has 0 bridgehead atoms. The second-order valence-electron chi connectivity index (χ2n) is 6.29. The number of ether oxygens (including phenoxy) is 2. The molecule has 0 aliphatic carbocycles. The number of amides is 1. The number of halogens is 1. The Hall–Kier alpha value is -2.61. The number of rotatable bonds is 5. The summed E-state index contributed by atoms with van der Waals surface area (Å²) >= 11 is 0. The number of esters is 1. The zero-order valence-electron chi connectivity index (χ0n) is 15.6. The monoisotopic (exact) mass is 406 g/mol. The molecule has 3 rings (SSSR count). The van der Waals surface area contributed by atoms with Crippen molar-refractivity contribution in [1.29, 1.82) is 0 Å². The smallest absolute Gasteiger partial charge is 0.338 e. The number of hydrogen-bond donors (Lipinski definition) is 3. The summed E-state index contributed by atoms with van der Waals surface area (Å²) in [5, 5.41) is 15.6. The van der Waals surface area contributed by atoms with Crippen molar-refractivity contribution in [2.75, 3.05) is 27.3 Å². The molecule has 1 amide bonds. The van der Waals surface area contributed by atoms with Gasteiger partial charge in [-0.3, -0.25) is 4.79 Å². The number of nitrogens with one attached hydrogen (secondary N) is 2. The second kappa shape index (κ2) is 9.54. The van der Waals surface area contributed by atoms with Gasteiger partial charge in [0.1, 0.15) is 5.75 Å². The first-order valence-electron chi connectivity index (χ1n) is 8.60. The van der Waals surface area contributed by atoms with Gasteiger partial charge in [-0.15, -0.1) is 12.4 Å². The first kappa shape index (κ1) is 21.7. The molecule has 1 aliphatic rings. The van der Waals surface area contributed by atoms with Crippen LogP contribution in [0.4, 0.5) is 0 Å². The Balaban J connectivity index is 0.00000280. The SMILES string of the molecule is COC(=O)c1cc(OC)ccc1-c1ccc(C(=O)N[C@@H]2CNC[C@H]2O)cc1.Cl. The van der Waals surface area contributed by atoms with Gasteiger partial charge in [0.2, 0.25) is 0 Å². The molecule has 1 fully saturated rings. The molecule has 2 aromatic rings. The van der Waals surface area contributed by atoms with E-state index in [2.05, 4.69) is 10.6 Å². The molecule has 0 spiro atoms. The van der Waals surface area contributed by atoms with Gasteiger partial charge in [-0.25, -0.2) is 4.79 Å². The summed E-state index contributed by atoms with van der Waals surface area (Å²) in [6, 6.07) is 11.8. The molecule has 1 saturated heterocycles. The number of hydrogen-bond acceptors (Lipinski definition) is 6. The van der Waals surface area contributed by atoms with Crippen LogP contribution in [0.3, 0.4) is 0 Å². The number of carbonyl (C=O) groups is 2. The van der Waals surface area contributed by atoms with Gasteiger partial charge in [-0.2, -0.15) is 0 Å². The lowest BCUT2D eigenvalue weighted by Gasteiger charge is -2.15. The van der Waals surface area contributed by atoms with Gasteiger partial charge in [-0.05, 0) is 41.5 Å². The van der Waals surface area contributed by atoms with Crippen molar-refractivity contribution >= 4 is 24.3 Å². The standard InChI is InChI=1S/C20H22N2O5.ClH/c1-26-14-7-8-15(16(9-14)20(25)27-2)12-3-5-13(6-4-12)19(24)22-17-10-21-11-18(17)23;/h3-9,17-18,21,23H,10-11H2,1-2H3,(H,22,24);1H/t17-,18-;/m1./s1. The maximum Gasteiger partial charge on any atom is 0.338 e. The fraction of sp³-hybridized carbons (Fsp3) is 0.300. The maximum absolute atomic E-state index is 12.4. The Labute approximate surface area is 169 Å². The van der Waals surface area contributed by atoms with Crippen molar-refractivity contribution in [3.63, 3.8) is 0 Å². The normalized spacial score (nSPS) is 18.1. The third kappa shape index (κ3) is 4.62. The summed E-state index contributed by atoms with van der Waals surface area (Å²) in [6.45, 7) is 1.01. The molecule has 3 N–H and O–H groups in total. The largest absolute Gasteiger partial charge is 0.497 e. The molecule has 0 radical (unpaired) electrons. The number of benzene rings is 2. The van der Waals surface area contributed by atoms with E-state index >= 15 is 0 Å². The Morgan fingerprint density at radius 3 is 2.39 bits per heavy atom. The van der Waals surface area contributed by atoms with E-state index in [0.29, 0.717) is 35.5 Å². The molecule has 28 heavy (non-hydrogen) atoms. The lowest BCUT2D eigenvalue weighted by molar-refractivity contribution is 0.0601. The van der Waals surface area contributed by atoms with Gasteiger partial charge in [0.25, 0.3) is 5.91 Å². The number of aliphatic hydroxyl groups is 1. The Morgan fingerprint density at radius 2 is 1.82 bits per heavy atom. The molecule has 150 valence electrons. The molecule has 7 nitrogen and oxygen atoms in total. The summed E-state index contributed by atoms with van der Waals surface area (Å²) in [5.41, 5.74) is 2.32. The topological polar surface area (TPSA) is 96.9 Å². The van der Waals surface area contributed by atoms with E-state index in [4.69, 9.17) is 9.47 Å². The first-order valence-corrected chi connectivity index (χ1v) is 8.60. The Kier molecular flexibility index (Phi) is 7.39. The molecule has 0 saturated carbocycles. The summed E-state index contributed by atoms with van der Waals surface area (Å²) in [5.74, 6) is -0.162. The van der Waals surface area contributed by atoms with Crippen LogP contribution in [0.15, 0.2) is 42.5 Å². The van der Waals surface area contributed by atoms with Crippen molar-refractivity contribution in [3.05, 3.63) is 53.6 Å². The van der Waals surface area contributed by atoms with Crippen molar-refractivity contribution < 1.29 is 24.2 Å². The van der Waals surface area contributed by atoms with E-state index < -0.39 is 12.1 Å². The van der Waals surface area contributed by atoms with Crippen LogP contribution in [-0.2, 0) is 4.74 Å². The molecular formula is C20H23ClN2O5. The third-order valence-corrected chi connectivity index (χ3v) is 4.59. The third-order valence-electron chi connectivity index (χ3n) is 4.59. The van der Waals surface area contributed by atoms with E-state index in [1.807, 2.05) is 0 Å². The molecule has 1 aliphatic heterocycles. The molecule has 0 unspecified atom stereocenters. The van der Waals surface area contributed by atoms with Crippen LogP contribution in [-0.4, -0.2) is 56.4 Å². The van der Waals surface area contributed by atoms with Crippen LogP contribution in [0.2, 0.25) is 0 Å². The minimum absolute atomic E-state index is 0. The van der Waals surface area contributed by atoms with Crippen LogP contribution in [0.1, 0.15) is 20.7 Å². The maximum atomic E-state index is 12.4. The van der Waals surface area contributed by atoms with E-state index in [-0.39, 0.29) is 24.4 Å². The van der Waals surface area contributed by atoms with Crippen molar-refractivity contribution in [2.24, 2.45) is 0 Å². The van der Waals surface area contributed by atoms with Crippen molar-refractivity contribution in [1.82, 2.24) is 10.6 Å². The molecule has 0 aromatic heterocycles. The predicted molar refractivity (Wildman–Crippen MR) is 107 cm³/mol. The summed E-state index contributed by atoms with van der Waals surface area (Å²) < 4.78 is 10.0. The molecule has 8 heteroatoms. The molecular weight excluding hydrogens is 384 g/mol. The highest BCUT2D eigenvalue weighted by Gasteiger charge is 2.26. The lowest BCUT2D eigenvalue weighted by Crippen LogP contribution is -2.42. The summed E-state index contributed by atoms with van der Waals surface area (Å²) in [4.78, 5) is 24.5. The average Bonchev–Trinajstić information content (AvgIpc) is 3.11. The minimum Gasteiger partial charge on any atom is -0.497 e. The Bertz CT molecular complexity index is 841. The summed E-state index contributed by atoms with van der Waals surface area (Å²) in [6.07, 6.45) is -0.588.